The normalized spacial score (nSPS) is 16.5. The summed E-state index contributed by atoms with van der Waals surface area (Å²) in [4.78, 5) is 49.2. The molecule has 0 radical (unpaired) electrons. The van der Waals surface area contributed by atoms with E-state index in [0.717, 1.165) is 17.1 Å². The molecule has 0 spiro atoms. The van der Waals surface area contributed by atoms with Crippen molar-refractivity contribution in [2.75, 3.05) is 44.3 Å². The second kappa shape index (κ2) is 10.4. The smallest absolute Gasteiger partial charge is 0.325 e. The number of aromatic nitrogens is 2. The number of anilines is 1. The lowest BCUT2D eigenvalue weighted by Gasteiger charge is -2.36. The van der Waals surface area contributed by atoms with Crippen LogP contribution in [0.5, 0.6) is 0 Å². The Morgan fingerprint density at radius 1 is 1.06 bits per heavy atom. The van der Waals surface area contributed by atoms with Gasteiger partial charge >= 0.3 is 18.0 Å². The van der Waals surface area contributed by atoms with Gasteiger partial charge < -0.3 is 24.6 Å². The molecule has 1 fully saturated rings. The molecule has 10 heteroatoms. The predicted octanol–water partition coefficient (Wildman–Crippen LogP) is 1.20. The van der Waals surface area contributed by atoms with Gasteiger partial charge in [0.1, 0.15) is 18.2 Å². The van der Waals surface area contributed by atoms with Gasteiger partial charge in [0.15, 0.2) is 0 Å². The Morgan fingerprint density at radius 3 is 2.45 bits per heavy atom. The van der Waals surface area contributed by atoms with Gasteiger partial charge in [-0.05, 0) is 33.6 Å². The number of carbonyl (C=O) groups excluding carboxylic acids is 3. The lowest BCUT2D eigenvalue weighted by atomic mass is 9.96. The maximum atomic E-state index is 12.6. The number of nitrogens with one attached hydrogen (secondary N) is 1. The molecule has 10 nitrogen and oxygen atoms in total. The van der Waals surface area contributed by atoms with Gasteiger partial charge in [-0.15, -0.1) is 0 Å². The molecule has 0 atom stereocenters. The average Bonchev–Trinajstić information content (AvgIpc) is 2.77. The van der Waals surface area contributed by atoms with Gasteiger partial charge in [0.2, 0.25) is 0 Å². The first kappa shape index (κ1) is 22.8. The van der Waals surface area contributed by atoms with Crippen LogP contribution in [0, 0.1) is 12.8 Å². The number of rotatable bonds is 6. The molecule has 2 aliphatic rings. The molecule has 0 aromatic carbocycles. The SMILES string of the molecule is CCOC(=O)CNC(=O)N1CCc2nc(C)nc(N3CCC(C(=O)OCC)CC3)c2C1. The Bertz CT molecular complexity index is 823. The topological polar surface area (TPSA) is 114 Å². The molecule has 1 aromatic heterocycles. The first-order valence-corrected chi connectivity index (χ1v) is 10.9. The summed E-state index contributed by atoms with van der Waals surface area (Å²) >= 11 is 0. The number of carbonyl (C=O) groups is 3. The molecular weight excluding hydrogens is 402 g/mol. The van der Waals surface area contributed by atoms with Crippen molar-refractivity contribution in [1.29, 1.82) is 0 Å². The van der Waals surface area contributed by atoms with Crippen LogP contribution in [0.25, 0.3) is 0 Å². The zero-order valence-corrected chi connectivity index (χ0v) is 18.5. The molecule has 0 aliphatic carbocycles. The molecule has 170 valence electrons. The maximum absolute atomic E-state index is 12.6. The summed E-state index contributed by atoms with van der Waals surface area (Å²) < 4.78 is 10.0. The largest absolute Gasteiger partial charge is 0.466 e. The number of urea groups is 1. The molecule has 2 aliphatic heterocycles. The molecule has 3 heterocycles. The van der Waals surface area contributed by atoms with Gasteiger partial charge in [-0.1, -0.05) is 0 Å². The summed E-state index contributed by atoms with van der Waals surface area (Å²) in [6.07, 6.45) is 2.04. The van der Waals surface area contributed by atoms with E-state index in [9.17, 15) is 14.4 Å². The lowest BCUT2D eigenvalue weighted by Crippen LogP contribution is -2.46. The number of ether oxygens (including phenoxy) is 2. The van der Waals surface area contributed by atoms with Crippen LogP contribution in [-0.2, 0) is 32.0 Å². The summed E-state index contributed by atoms with van der Waals surface area (Å²) in [5.74, 6) is 0.846. The maximum Gasteiger partial charge on any atom is 0.325 e. The Kier molecular flexibility index (Phi) is 7.64. The molecule has 1 aromatic rings. The average molecular weight is 434 g/mol. The van der Waals surface area contributed by atoms with Crippen molar-refractivity contribution in [2.45, 2.75) is 46.6 Å². The summed E-state index contributed by atoms with van der Waals surface area (Å²) in [7, 11) is 0. The van der Waals surface area contributed by atoms with E-state index in [2.05, 4.69) is 20.2 Å². The minimum atomic E-state index is -0.461. The van der Waals surface area contributed by atoms with Gasteiger partial charge in [0, 0.05) is 31.6 Å². The second-order valence-corrected chi connectivity index (χ2v) is 7.67. The van der Waals surface area contributed by atoms with Gasteiger partial charge in [-0.25, -0.2) is 14.8 Å². The van der Waals surface area contributed by atoms with E-state index in [1.54, 1.807) is 11.8 Å². The number of hydrogen-bond donors (Lipinski definition) is 1. The summed E-state index contributed by atoms with van der Waals surface area (Å²) in [5.41, 5.74) is 1.88. The first-order chi connectivity index (χ1) is 14.9. The molecule has 0 bridgehead atoms. The Hall–Kier alpha value is -2.91. The highest BCUT2D eigenvalue weighted by Gasteiger charge is 2.31. The van der Waals surface area contributed by atoms with Crippen LogP contribution in [0.3, 0.4) is 0 Å². The van der Waals surface area contributed by atoms with Crippen molar-refractivity contribution in [3.63, 3.8) is 0 Å². The third kappa shape index (κ3) is 5.62. The number of esters is 2. The highest BCUT2D eigenvalue weighted by atomic mass is 16.5. The van der Waals surface area contributed by atoms with Crippen molar-refractivity contribution < 1.29 is 23.9 Å². The minimum absolute atomic E-state index is 0.0832. The van der Waals surface area contributed by atoms with Crippen molar-refractivity contribution in [3.05, 3.63) is 17.1 Å². The third-order valence-corrected chi connectivity index (χ3v) is 5.54. The zero-order valence-electron chi connectivity index (χ0n) is 18.5. The highest BCUT2D eigenvalue weighted by molar-refractivity contribution is 5.81. The fraction of sp³-hybridized carbons (Fsp3) is 0.667. The van der Waals surface area contributed by atoms with Crippen LogP contribution < -0.4 is 10.2 Å². The number of hydrogen-bond acceptors (Lipinski definition) is 8. The molecular formula is C21H31N5O5. The fourth-order valence-electron chi connectivity index (χ4n) is 4.01. The highest BCUT2D eigenvalue weighted by Crippen LogP contribution is 2.30. The number of nitrogens with zero attached hydrogens (tertiary/aromatic N) is 4. The Morgan fingerprint density at radius 2 is 1.77 bits per heavy atom. The van der Waals surface area contributed by atoms with E-state index in [1.165, 1.54) is 0 Å². The molecule has 31 heavy (non-hydrogen) atoms. The number of fused-ring (bicyclic) bond motifs is 1. The zero-order chi connectivity index (χ0) is 22.4. The van der Waals surface area contributed by atoms with E-state index in [1.807, 2.05) is 13.8 Å². The molecule has 0 saturated carbocycles. The van der Waals surface area contributed by atoms with Crippen LogP contribution in [0.1, 0.15) is 43.8 Å². The standard InChI is InChI=1S/C21H31N5O5/c1-4-30-18(27)12-22-21(29)26-11-8-17-16(13-26)19(24-14(3)23-17)25-9-6-15(7-10-25)20(28)31-5-2/h15H,4-13H2,1-3H3,(H,22,29). The van der Waals surface area contributed by atoms with E-state index < -0.39 is 5.97 Å². The van der Waals surface area contributed by atoms with E-state index in [4.69, 9.17) is 9.47 Å². The second-order valence-electron chi connectivity index (χ2n) is 7.67. The third-order valence-electron chi connectivity index (χ3n) is 5.54. The molecule has 1 saturated heterocycles. The van der Waals surface area contributed by atoms with Gasteiger partial charge in [-0.3, -0.25) is 9.59 Å². The van der Waals surface area contributed by atoms with Crippen LogP contribution in [-0.4, -0.2) is 72.2 Å². The summed E-state index contributed by atoms with van der Waals surface area (Å²) in [6, 6.07) is -0.314. The lowest BCUT2D eigenvalue weighted by molar-refractivity contribution is -0.148. The Labute approximate surface area is 182 Å². The van der Waals surface area contributed by atoms with Crippen molar-refractivity contribution in [3.8, 4) is 0 Å². The van der Waals surface area contributed by atoms with Gasteiger partial charge in [0.05, 0.1) is 31.4 Å². The summed E-state index contributed by atoms with van der Waals surface area (Å²) in [6.45, 7) is 8.20. The number of amides is 2. The molecule has 3 rings (SSSR count). The summed E-state index contributed by atoms with van der Waals surface area (Å²) in [5, 5.41) is 2.62. The van der Waals surface area contributed by atoms with Crippen molar-refractivity contribution in [1.82, 2.24) is 20.2 Å². The molecule has 1 N–H and O–H groups in total. The first-order valence-electron chi connectivity index (χ1n) is 10.9. The predicted molar refractivity (Wildman–Crippen MR) is 112 cm³/mol. The monoisotopic (exact) mass is 433 g/mol. The quantitative estimate of drug-likeness (QED) is 0.666. The van der Waals surface area contributed by atoms with Crippen LogP contribution in [0.4, 0.5) is 10.6 Å². The molecule has 0 unspecified atom stereocenters. The van der Waals surface area contributed by atoms with Crippen LogP contribution in [0.15, 0.2) is 0 Å². The van der Waals surface area contributed by atoms with Crippen molar-refractivity contribution in [2.24, 2.45) is 5.92 Å². The van der Waals surface area contributed by atoms with E-state index in [-0.39, 0.29) is 31.1 Å². The van der Waals surface area contributed by atoms with E-state index in [0.29, 0.717) is 57.9 Å². The minimum Gasteiger partial charge on any atom is -0.466 e. The van der Waals surface area contributed by atoms with Crippen LogP contribution >= 0.6 is 0 Å². The number of aryl methyl sites for hydroxylation is 1. The van der Waals surface area contributed by atoms with Gasteiger partial charge in [-0.2, -0.15) is 0 Å². The Balaban J connectivity index is 1.68. The van der Waals surface area contributed by atoms with E-state index >= 15 is 0 Å². The van der Waals surface area contributed by atoms with Crippen molar-refractivity contribution >= 4 is 23.8 Å². The number of piperidine rings is 1. The van der Waals surface area contributed by atoms with Gasteiger partial charge in [0.25, 0.3) is 0 Å². The fourth-order valence-corrected chi connectivity index (χ4v) is 4.01. The molecule has 2 amide bonds. The van der Waals surface area contributed by atoms with Crippen LogP contribution in [0.2, 0.25) is 0 Å².